The van der Waals surface area contributed by atoms with Crippen LogP contribution in [0, 0.1) is 0 Å². The number of ether oxygens (including phenoxy) is 1. The lowest BCUT2D eigenvalue weighted by Crippen LogP contribution is -2.10. The van der Waals surface area contributed by atoms with Gasteiger partial charge in [-0.05, 0) is 6.42 Å². The van der Waals surface area contributed by atoms with Crippen molar-refractivity contribution in [3.8, 4) is 11.6 Å². The fourth-order valence-corrected chi connectivity index (χ4v) is 1.88. The summed E-state index contributed by atoms with van der Waals surface area (Å²) >= 11 is 0. The minimum Gasteiger partial charge on any atom is -0.381 e. The van der Waals surface area contributed by atoms with Crippen molar-refractivity contribution in [3.63, 3.8) is 0 Å². The van der Waals surface area contributed by atoms with E-state index in [2.05, 4.69) is 20.5 Å². The summed E-state index contributed by atoms with van der Waals surface area (Å²) in [7, 11) is 0. The Hall–Kier alpha value is -1.80. The van der Waals surface area contributed by atoms with E-state index >= 15 is 0 Å². The van der Waals surface area contributed by atoms with Crippen molar-refractivity contribution in [1.29, 1.82) is 0 Å². The van der Waals surface area contributed by atoms with E-state index < -0.39 is 0 Å². The van der Waals surface area contributed by atoms with Crippen LogP contribution in [0.15, 0.2) is 10.7 Å². The molecule has 1 aliphatic rings. The second kappa shape index (κ2) is 4.83. The Labute approximate surface area is 103 Å². The maximum absolute atomic E-state index is 5.44. The Bertz CT molecular complexity index is 516. The highest BCUT2D eigenvalue weighted by Gasteiger charge is 2.24. The van der Waals surface area contributed by atoms with E-state index in [1.165, 1.54) is 0 Å². The third kappa shape index (κ3) is 2.12. The van der Waals surface area contributed by atoms with Gasteiger partial charge in [-0.2, -0.15) is 4.98 Å². The molecule has 3 heterocycles. The topological polar surface area (TPSA) is 105 Å². The van der Waals surface area contributed by atoms with Gasteiger partial charge in [0.05, 0.1) is 19.3 Å². The molecule has 1 fully saturated rings. The predicted octanol–water partition coefficient (Wildman–Crippen LogP) is -0.209. The van der Waals surface area contributed by atoms with Gasteiger partial charge in [-0.15, -0.1) is 5.10 Å². The second-order valence-electron chi connectivity index (χ2n) is 4.17. The van der Waals surface area contributed by atoms with E-state index in [1.54, 1.807) is 10.9 Å². The quantitative estimate of drug-likeness (QED) is 0.800. The number of rotatable bonds is 4. The van der Waals surface area contributed by atoms with Gasteiger partial charge in [0, 0.05) is 19.1 Å². The molecule has 0 bridgehead atoms. The first-order chi connectivity index (χ1) is 8.86. The van der Waals surface area contributed by atoms with Gasteiger partial charge in [-0.1, -0.05) is 10.4 Å². The summed E-state index contributed by atoms with van der Waals surface area (Å²) < 4.78 is 12.1. The lowest BCUT2D eigenvalue weighted by molar-refractivity contribution is 0.192. The molecule has 8 nitrogen and oxygen atoms in total. The van der Waals surface area contributed by atoms with E-state index in [4.69, 9.17) is 15.0 Å². The molecule has 8 heteroatoms. The SMILES string of the molecule is NCCn1cc(-c2nc(C3CCOC3)no2)nn1. The smallest absolute Gasteiger partial charge is 0.280 e. The highest BCUT2D eigenvalue weighted by atomic mass is 16.5. The largest absolute Gasteiger partial charge is 0.381 e. The third-order valence-electron chi connectivity index (χ3n) is 2.85. The van der Waals surface area contributed by atoms with Gasteiger partial charge in [-0.25, -0.2) is 0 Å². The Morgan fingerprint density at radius 1 is 1.50 bits per heavy atom. The van der Waals surface area contributed by atoms with Crippen molar-refractivity contribution in [3.05, 3.63) is 12.0 Å². The van der Waals surface area contributed by atoms with Gasteiger partial charge >= 0.3 is 0 Å². The van der Waals surface area contributed by atoms with E-state index in [-0.39, 0.29) is 5.92 Å². The van der Waals surface area contributed by atoms with Crippen LogP contribution in [-0.2, 0) is 11.3 Å². The first-order valence-corrected chi connectivity index (χ1v) is 5.88. The van der Waals surface area contributed by atoms with Gasteiger partial charge in [0.15, 0.2) is 11.5 Å². The molecule has 0 radical (unpaired) electrons. The van der Waals surface area contributed by atoms with Crippen molar-refractivity contribution < 1.29 is 9.26 Å². The minimum atomic E-state index is 0.224. The lowest BCUT2D eigenvalue weighted by atomic mass is 10.1. The predicted molar refractivity (Wildman–Crippen MR) is 60.5 cm³/mol. The summed E-state index contributed by atoms with van der Waals surface area (Å²) in [5.41, 5.74) is 6.01. The zero-order chi connectivity index (χ0) is 12.4. The van der Waals surface area contributed by atoms with Crippen LogP contribution in [0.2, 0.25) is 0 Å². The number of aromatic nitrogens is 5. The summed E-state index contributed by atoms with van der Waals surface area (Å²) in [6.45, 7) is 2.53. The fourth-order valence-electron chi connectivity index (χ4n) is 1.88. The Balaban J connectivity index is 1.78. The van der Waals surface area contributed by atoms with Gasteiger partial charge in [-0.3, -0.25) is 4.68 Å². The molecule has 0 amide bonds. The molecule has 0 saturated carbocycles. The molecule has 1 saturated heterocycles. The van der Waals surface area contributed by atoms with Crippen LogP contribution in [0.25, 0.3) is 11.6 Å². The second-order valence-corrected chi connectivity index (χ2v) is 4.17. The molecule has 2 aromatic rings. The lowest BCUT2D eigenvalue weighted by Gasteiger charge is -1.97. The monoisotopic (exact) mass is 250 g/mol. The van der Waals surface area contributed by atoms with Crippen molar-refractivity contribution >= 4 is 0 Å². The number of nitrogens with two attached hydrogens (primary N) is 1. The zero-order valence-electron chi connectivity index (χ0n) is 9.82. The molecule has 18 heavy (non-hydrogen) atoms. The van der Waals surface area contributed by atoms with E-state index in [0.29, 0.717) is 37.1 Å². The van der Waals surface area contributed by atoms with Gasteiger partial charge in [0.1, 0.15) is 0 Å². The van der Waals surface area contributed by atoms with E-state index in [1.807, 2.05) is 0 Å². The van der Waals surface area contributed by atoms with Crippen LogP contribution in [0.3, 0.4) is 0 Å². The first-order valence-electron chi connectivity index (χ1n) is 5.88. The van der Waals surface area contributed by atoms with Crippen LogP contribution in [-0.4, -0.2) is 44.9 Å². The molecule has 96 valence electrons. The normalized spacial score (nSPS) is 19.5. The third-order valence-corrected chi connectivity index (χ3v) is 2.85. The van der Waals surface area contributed by atoms with Gasteiger partial charge < -0.3 is 15.0 Å². The summed E-state index contributed by atoms with van der Waals surface area (Å²) in [6.07, 6.45) is 2.67. The van der Waals surface area contributed by atoms with Crippen LogP contribution in [0.4, 0.5) is 0 Å². The van der Waals surface area contributed by atoms with Crippen LogP contribution < -0.4 is 5.73 Å². The average molecular weight is 250 g/mol. The Morgan fingerprint density at radius 2 is 2.44 bits per heavy atom. The average Bonchev–Trinajstić information content (AvgIpc) is 3.10. The number of nitrogens with zero attached hydrogens (tertiary/aromatic N) is 5. The molecule has 0 aromatic carbocycles. The van der Waals surface area contributed by atoms with Crippen LogP contribution >= 0.6 is 0 Å². The molecule has 0 spiro atoms. The molecular weight excluding hydrogens is 236 g/mol. The van der Waals surface area contributed by atoms with Gasteiger partial charge in [0.2, 0.25) is 0 Å². The number of hydrogen-bond acceptors (Lipinski definition) is 7. The molecule has 3 rings (SSSR count). The zero-order valence-corrected chi connectivity index (χ0v) is 9.82. The molecule has 2 N–H and O–H groups in total. The Morgan fingerprint density at radius 3 is 3.22 bits per heavy atom. The maximum Gasteiger partial charge on any atom is 0.280 e. The van der Waals surface area contributed by atoms with Crippen LogP contribution in [0.1, 0.15) is 18.2 Å². The molecule has 1 aliphatic heterocycles. The van der Waals surface area contributed by atoms with Gasteiger partial charge in [0.25, 0.3) is 5.89 Å². The maximum atomic E-state index is 5.44. The van der Waals surface area contributed by atoms with Crippen molar-refractivity contribution in [2.75, 3.05) is 19.8 Å². The highest BCUT2D eigenvalue weighted by molar-refractivity contribution is 5.43. The highest BCUT2D eigenvalue weighted by Crippen LogP contribution is 2.24. The van der Waals surface area contributed by atoms with E-state index in [9.17, 15) is 0 Å². The van der Waals surface area contributed by atoms with Crippen molar-refractivity contribution in [2.45, 2.75) is 18.9 Å². The molecule has 2 aromatic heterocycles. The molecule has 0 aliphatic carbocycles. The molecule has 1 atom stereocenters. The molecular formula is C10H14N6O2. The standard InChI is InChI=1S/C10H14N6O2/c11-2-3-16-5-8(13-15-16)10-12-9(14-18-10)7-1-4-17-6-7/h5,7H,1-4,6,11H2. The Kier molecular flexibility index (Phi) is 3.03. The summed E-state index contributed by atoms with van der Waals surface area (Å²) in [4.78, 5) is 4.33. The minimum absolute atomic E-state index is 0.224. The summed E-state index contributed by atoms with van der Waals surface area (Å²) in [5.74, 6) is 1.29. The summed E-state index contributed by atoms with van der Waals surface area (Å²) in [6, 6.07) is 0. The molecule has 1 unspecified atom stereocenters. The van der Waals surface area contributed by atoms with Crippen molar-refractivity contribution in [1.82, 2.24) is 25.1 Å². The number of hydrogen-bond donors (Lipinski definition) is 1. The van der Waals surface area contributed by atoms with Crippen LogP contribution in [0.5, 0.6) is 0 Å². The van der Waals surface area contributed by atoms with Crippen molar-refractivity contribution in [2.24, 2.45) is 5.73 Å². The summed E-state index contributed by atoms with van der Waals surface area (Å²) in [5, 5.41) is 11.9. The first kappa shape index (κ1) is 11.3. The van der Waals surface area contributed by atoms with E-state index in [0.717, 1.165) is 13.0 Å². The fraction of sp³-hybridized carbons (Fsp3) is 0.600.